The van der Waals surface area contributed by atoms with Crippen molar-refractivity contribution in [3.8, 4) is 17.1 Å². The lowest BCUT2D eigenvalue weighted by Gasteiger charge is -2.15. The number of carbonyl (C=O) groups is 1. The summed E-state index contributed by atoms with van der Waals surface area (Å²) >= 11 is 0. The van der Waals surface area contributed by atoms with Crippen molar-refractivity contribution in [1.82, 2.24) is 10.2 Å². The Morgan fingerprint density at radius 2 is 1.73 bits per heavy atom. The molecule has 0 radical (unpaired) electrons. The third-order valence-electron chi connectivity index (χ3n) is 4.22. The molecule has 0 unspecified atom stereocenters. The van der Waals surface area contributed by atoms with Gasteiger partial charge in [0, 0.05) is 17.3 Å². The van der Waals surface area contributed by atoms with Gasteiger partial charge < -0.3 is 10.1 Å². The highest BCUT2D eigenvalue weighted by Gasteiger charge is 2.18. The number of nitrogens with zero attached hydrogens (tertiary/aromatic N) is 2. The van der Waals surface area contributed by atoms with Crippen LogP contribution >= 0.6 is 0 Å². The molecule has 0 spiro atoms. The zero-order valence-electron chi connectivity index (χ0n) is 14.8. The highest BCUT2D eigenvalue weighted by atomic mass is 16.5. The van der Waals surface area contributed by atoms with E-state index in [-0.39, 0.29) is 11.8 Å². The van der Waals surface area contributed by atoms with E-state index in [0.29, 0.717) is 5.88 Å². The molecular weight excluding hydrogens is 326 g/mol. The Bertz CT molecular complexity index is 847. The zero-order chi connectivity index (χ0) is 18.4. The van der Waals surface area contributed by atoms with E-state index in [1.54, 1.807) is 13.2 Å². The van der Waals surface area contributed by atoms with Crippen LogP contribution in [0.15, 0.2) is 66.7 Å². The van der Waals surface area contributed by atoms with Gasteiger partial charge in [0.25, 0.3) is 0 Å². The maximum absolute atomic E-state index is 12.6. The van der Waals surface area contributed by atoms with Gasteiger partial charge in [0.05, 0.1) is 18.7 Å². The first-order chi connectivity index (χ1) is 12.7. The van der Waals surface area contributed by atoms with Gasteiger partial charge in [-0.3, -0.25) is 4.79 Å². The van der Waals surface area contributed by atoms with Crippen molar-refractivity contribution >= 4 is 11.6 Å². The Balaban J connectivity index is 1.71. The Labute approximate surface area is 153 Å². The second-order valence-electron chi connectivity index (χ2n) is 5.90. The number of nitrogens with one attached hydrogen (secondary N) is 1. The number of methoxy groups -OCH3 is 1. The fourth-order valence-corrected chi connectivity index (χ4v) is 2.79. The normalized spacial score (nSPS) is 11.6. The Kier molecular flexibility index (Phi) is 5.59. The van der Waals surface area contributed by atoms with Crippen LogP contribution in [0, 0.1) is 0 Å². The number of ether oxygens (including phenoxy) is 1. The van der Waals surface area contributed by atoms with E-state index in [2.05, 4.69) is 15.5 Å². The number of hydrogen-bond acceptors (Lipinski definition) is 4. The lowest BCUT2D eigenvalue weighted by molar-refractivity contribution is -0.117. The summed E-state index contributed by atoms with van der Waals surface area (Å²) in [6, 6.07) is 21.0. The minimum absolute atomic E-state index is 0.00399. The average molecular weight is 347 g/mol. The second kappa shape index (κ2) is 8.25. The molecule has 1 atom stereocenters. The molecule has 0 saturated heterocycles. The van der Waals surface area contributed by atoms with Crippen molar-refractivity contribution < 1.29 is 9.53 Å². The van der Waals surface area contributed by atoms with E-state index in [1.807, 2.05) is 67.6 Å². The third kappa shape index (κ3) is 4.06. The van der Waals surface area contributed by atoms with Gasteiger partial charge >= 0.3 is 0 Å². The topological polar surface area (TPSA) is 64.1 Å². The quantitative estimate of drug-likeness (QED) is 0.723. The number of aromatic nitrogens is 2. The summed E-state index contributed by atoms with van der Waals surface area (Å²) < 4.78 is 5.02. The average Bonchev–Trinajstić information content (AvgIpc) is 2.70. The van der Waals surface area contributed by atoms with Gasteiger partial charge in [0.1, 0.15) is 0 Å². The molecule has 1 heterocycles. The number of carbonyl (C=O) groups excluding carboxylic acids is 1. The van der Waals surface area contributed by atoms with Crippen molar-refractivity contribution in [2.75, 3.05) is 12.4 Å². The summed E-state index contributed by atoms with van der Waals surface area (Å²) in [6.45, 7) is 2.02. The van der Waals surface area contributed by atoms with Gasteiger partial charge in [-0.05, 0) is 30.2 Å². The van der Waals surface area contributed by atoms with Crippen molar-refractivity contribution in [2.45, 2.75) is 19.3 Å². The monoisotopic (exact) mass is 347 g/mol. The van der Waals surface area contributed by atoms with Gasteiger partial charge in [-0.25, -0.2) is 0 Å². The molecule has 1 aromatic heterocycles. The predicted molar refractivity (Wildman–Crippen MR) is 102 cm³/mol. The summed E-state index contributed by atoms with van der Waals surface area (Å²) in [4.78, 5) is 12.6. The summed E-state index contributed by atoms with van der Waals surface area (Å²) in [6.07, 6.45) is 0.745. The maximum Gasteiger partial charge on any atom is 0.233 e. The summed E-state index contributed by atoms with van der Waals surface area (Å²) in [5.74, 6) is 0.308. The number of rotatable bonds is 6. The Morgan fingerprint density at radius 1 is 1.00 bits per heavy atom. The molecule has 3 rings (SSSR count). The minimum Gasteiger partial charge on any atom is -0.480 e. The van der Waals surface area contributed by atoms with Crippen LogP contribution in [0.1, 0.15) is 24.8 Å². The number of benzene rings is 2. The molecular formula is C21H21N3O2. The van der Waals surface area contributed by atoms with E-state index in [1.165, 1.54) is 0 Å². The zero-order valence-corrected chi connectivity index (χ0v) is 14.8. The first-order valence-electron chi connectivity index (χ1n) is 8.55. The molecule has 0 bridgehead atoms. The number of amides is 1. The summed E-state index contributed by atoms with van der Waals surface area (Å²) in [5, 5.41) is 11.1. The Hall–Kier alpha value is -3.21. The fraction of sp³-hybridized carbons (Fsp3) is 0.190. The van der Waals surface area contributed by atoms with E-state index < -0.39 is 0 Å². The van der Waals surface area contributed by atoms with Crippen LogP contribution in [0.4, 0.5) is 5.69 Å². The van der Waals surface area contributed by atoms with Crippen molar-refractivity contribution in [3.05, 3.63) is 72.3 Å². The lowest BCUT2D eigenvalue weighted by atomic mass is 9.95. The predicted octanol–water partition coefficient (Wildman–Crippen LogP) is 4.28. The van der Waals surface area contributed by atoms with Crippen LogP contribution in [0.3, 0.4) is 0 Å². The molecule has 1 N–H and O–H groups in total. The molecule has 0 aliphatic rings. The van der Waals surface area contributed by atoms with E-state index in [4.69, 9.17) is 4.74 Å². The third-order valence-corrected chi connectivity index (χ3v) is 4.22. The molecule has 3 aromatic rings. The maximum atomic E-state index is 12.6. The van der Waals surface area contributed by atoms with Crippen LogP contribution in [-0.4, -0.2) is 23.2 Å². The first kappa shape index (κ1) is 17.6. The first-order valence-corrected chi connectivity index (χ1v) is 8.55. The van der Waals surface area contributed by atoms with Gasteiger partial charge in [0.15, 0.2) is 0 Å². The van der Waals surface area contributed by atoms with Gasteiger partial charge in [0.2, 0.25) is 11.8 Å². The SMILES string of the molecule is CC[C@@H](C(=O)Nc1ccc(-c2ccc(OC)nn2)cc1)c1ccccc1. The van der Waals surface area contributed by atoms with Gasteiger partial charge in [-0.1, -0.05) is 49.4 Å². The van der Waals surface area contributed by atoms with Crippen LogP contribution < -0.4 is 10.1 Å². The van der Waals surface area contributed by atoms with E-state index >= 15 is 0 Å². The molecule has 1 amide bonds. The van der Waals surface area contributed by atoms with Crippen molar-refractivity contribution in [2.24, 2.45) is 0 Å². The van der Waals surface area contributed by atoms with Crippen LogP contribution in [-0.2, 0) is 4.79 Å². The lowest BCUT2D eigenvalue weighted by Crippen LogP contribution is -2.20. The van der Waals surface area contributed by atoms with Crippen LogP contribution in [0.2, 0.25) is 0 Å². The van der Waals surface area contributed by atoms with Crippen LogP contribution in [0.25, 0.3) is 11.3 Å². The highest BCUT2D eigenvalue weighted by molar-refractivity contribution is 5.96. The minimum atomic E-state index is -0.164. The smallest absolute Gasteiger partial charge is 0.233 e. The molecule has 5 nitrogen and oxygen atoms in total. The molecule has 0 aliphatic carbocycles. The van der Waals surface area contributed by atoms with Crippen molar-refractivity contribution in [3.63, 3.8) is 0 Å². The van der Waals surface area contributed by atoms with Crippen LogP contribution in [0.5, 0.6) is 5.88 Å². The molecule has 0 aliphatic heterocycles. The van der Waals surface area contributed by atoms with E-state index in [0.717, 1.165) is 28.9 Å². The molecule has 5 heteroatoms. The molecule has 132 valence electrons. The number of anilines is 1. The Morgan fingerprint density at radius 3 is 2.31 bits per heavy atom. The van der Waals surface area contributed by atoms with Gasteiger partial charge in [-0.2, -0.15) is 0 Å². The summed E-state index contributed by atoms with van der Waals surface area (Å²) in [7, 11) is 1.56. The van der Waals surface area contributed by atoms with Crippen molar-refractivity contribution in [1.29, 1.82) is 0 Å². The number of hydrogen-bond donors (Lipinski definition) is 1. The molecule has 2 aromatic carbocycles. The fourth-order valence-electron chi connectivity index (χ4n) is 2.79. The molecule has 0 saturated carbocycles. The highest BCUT2D eigenvalue weighted by Crippen LogP contribution is 2.23. The summed E-state index contributed by atoms with van der Waals surface area (Å²) in [5.41, 5.74) is 3.46. The molecule has 26 heavy (non-hydrogen) atoms. The molecule has 0 fully saturated rings. The standard InChI is InChI=1S/C21H21N3O2/c1-3-18(15-7-5-4-6-8-15)21(25)22-17-11-9-16(10-12-17)19-13-14-20(26-2)24-23-19/h4-14,18H,3H2,1-2H3,(H,22,25)/t18-/m1/s1. The van der Waals surface area contributed by atoms with E-state index in [9.17, 15) is 4.79 Å². The van der Waals surface area contributed by atoms with Gasteiger partial charge in [-0.15, -0.1) is 10.2 Å². The second-order valence-corrected chi connectivity index (χ2v) is 5.90. The largest absolute Gasteiger partial charge is 0.480 e.